The standard InChI is InChI=1S/C28H22F6NO6PS/c1-3-11-39-27(36)14(2)35-42(38,41-17-7-5-4-6-8-17)26(34)15-9-10-18-16(12-15)13-19(43-18)28(37)40-25-23(32)21(30)20(29)22(31)24(25)33/h4-10,12-14,26H,3,11H2,1-2H3,(H,35,38)/t14?,26?,42-/m1/s1. The van der Waals surface area contributed by atoms with E-state index >= 15 is 4.39 Å². The van der Waals surface area contributed by atoms with Crippen LogP contribution in [-0.4, -0.2) is 24.6 Å². The summed E-state index contributed by atoms with van der Waals surface area (Å²) in [5.74, 6) is -18.0. The number of halogens is 6. The molecule has 3 atom stereocenters. The molecule has 0 saturated carbocycles. The molecule has 4 rings (SSSR count). The first-order valence-electron chi connectivity index (χ1n) is 12.6. The Morgan fingerprint density at radius 3 is 2.19 bits per heavy atom. The van der Waals surface area contributed by atoms with Crippen molar-refractivity contribution in [3.05, 3.63) is 94.1 Å². The number of benzene rings is 3. The Balaban J connectivity index is 1.63. The Hall–Kier alpha value is -3.87. The number of hydrogen-bond donors (Lipinski definition) is 1. The zero-order valence-corrected chi connectivity index (χ0v) is 24.0. The van der Waals surface area contributed by atoms with Crippen LogP contribution in [0, 0.1) is 29.1 Å². The van der Waals surface area contributed by atoms with Gasteiger partial charge in [0.2, 0.25) is 40.7 Å². The van der Waals surface area contributed by atoms with Gasteiger partial charge in [0.05, 0.1) is 6.61 Å². The third-order valence-corrected chi connectivity index (χ3v) is 9.06. The smallest absolute Gasteiger partial charge is 0.355 e. The normalized spacial score (nSPS) is 14.1. The first-order chi connectivity index (χ1) is 20.4. The second kappa shape index (κ2) is 13.2. The Morgan fingerprint density at radius 1 is 0.930 bits per heavy atom. The third kappa shape index (κ3) is 6.87. The molecule has 0 amide bonds. The molecule has 0 bridgehead atoms. The topological polar surface area (TPSA) is 90.9 Å². The fourth-order valence-corrected chi connectivity index (χ4v) is 6.58. The third-order valence-electron chi connectivity index (χ3n) is 5.84. The van der Waals surface area contributed by atoms with Crippen LogP contribution in [-0.2, 0) is 14.1 Å². The number of fused-ring (bicyclic) bond motifs is 1. The van der Waals surface area contributed by atoms with Gasteiger partial charge in [0.15, 0.2) is 0 Å². The van der Waals surface area contributed by atoms with Gasteiger partial charge in [-0.15, -0.1) is 11.3 Å². The van der Waals surface area contributed by atoms with E-state index in [9.17, 15) is 36.1 Å². The molecule has 0 radical (unpaired) electrons. The lowest BCUT2D eigenvalue weighted by molar-refractivity contribution is -0.145. The van der Waals surface area contributed by atoms with E-state index < -0.39 is 66.2 Å². The number of ether oxygens (including phenoxy) is 2. The van der Waals surface area contributed by atoms with E-state index in [4.69, 9.17) is 9.26 Å². The van der Waals surface area contributed by atoms with Gasteiger partial charge in [-0.3, -0.25) is 9.36 Å². The van der Waals surface area contributed by atoms with Gasteiger partial charge in [-0.05, 0) is 54.6 Å². The van der Waals surface area contributed by atoms with Crippen molar-refractivity contribution in [2.45, 2.75) is 32.2 Å². The van der Waals surface area contributed by atoms with Crippen LogP contribution < -0.4 is 14.3 Å². The highest BCUT2D eigenvalue weighted by Crippen LogP contribution is 2.58. The zero-order valence-electron chi connectivity index (χ0n) is 22.3. The molecule has 0 spiro atoms. The van der Waals surface area contributed by atoms with E-state index in [0.29, 0.717) is 11.1 Å². The molecule has 1 heterocycles. The van der Waals surface area contributed by atoms with Gasteiger partial charge in [-0.2, -0.15) is 8.78 Å². The zero-order chi connectivity index (χ0) is 31.5. The summed E-state index contributed by atoms with van der Waals surface area (Å²) in [6.07, 6.45) is 0.528. The lowest BCUT2D eigenvalue weighted by Gasteiger charge is -2.26. The fourth-order valence-electron chi connectivity index (χ4n) is 3.75. The Morgan fingerprint density at radius 2 is 1.56 bits per heavy atom. The number of carbonyl (C=O) groups excluding carboxylic acids is 2. The number of carbonyl (C=O) groups is 2. The maximum atomic E-state index is 16.0. The second-order valence-electron chi connectivity index (χ2n) is 9.05. The van der Waals surface area contributed by atoms with Gasteiger partial charge >= 0.3 is 19.5 Å². The molecule has 7 nitrogen and oxygen atoms in total. The number of hydrogen-bond acceptors (Lipinski definition) is 7. The molecule has 43 heavy (non-hydrogen) atoms. The van der Waals surface area contributed by atoms with Crippen molar-refractivity contribution in [2.24, 2.45) is 0 Å². The van der Waals surface area contributed by atoms with Gasteiger partial charge in [0.1, 0.15) is 16.7 Å². The molecular formula is C28H22F6NO6PS. The molecule has 15 heteroatoms. The number of esters is 2. The number of para-hydroxylation sites is 1. The minimum Gasteiger partial charge on any atom is -0.465 e. The van der Waals surface area contributed by atoms with E-state index in [1.54, 1.807) is 25.1 Å². The van der Waals surface area contributed by atoms with Crippen LogP contribution in [0.1, 0.15) is 41.4 Å². The lowest BCUT2D eigenvalue weighted by Crippen LogP contribution is -2.35. The van der Waals surface area contributed by atoms with Gasteiger partial charge in [0.25, 0.3) is 0 Å². The van der Waals surface area contributed by atoms with Gasteiger partial charge in [0, 0.05) is 4.70 Å². The van der Waals surface area contributed by atoms with E-state index in [1.807, 2.05) is 0 Å². The number of alkyl halides is 1. The Kier molecular flexibility index (Phi) is 9.83. The summed E-state index contributed by atoms with van der Waals surface area (Å²) in [7, 11) is -4.55. The molecular weight excluding hydrogens is 623 g/mol. The maximum absolute atomic E-state index is 16.0. The minimum atomic E-state index is -4.55. The van der Waals surface area contributed by atoms with Crippen molar-refractivity contribution in [2.75, 3.05) is 6.61 Å². The summed E-state index contributed by atoms with van der Waals surface area (Å²) in [4.78, 5) is 24.6. The van der Waals surface area contributed by atoms with E-state index in [-0.39, 0.29) is 28.2 Å². The molecule has 2 unspecified atom stereocenters. The maximum Gasteiger partial charge on any atom is 0.355 e. The lowest BCUT2D eigenvalue weighted by atomic mass is 10.2. The summed E-state index contributed by atoms with van der Waals surface area (Å²) < 4.78 is 114. The Bertz CT molecular complexity index is 1690. The van der Waals surface area contributed by atoms with E-state index in [0.717, 1.165) is 17.4 Å². The molecule has 4 aromatic rings. The van der Waals surface area contributed by atoms with Crippen molar-refractivity contribution in [3.8, 4) is 11.5 Å². The molecule has 0 aliphatic heterocycles. The summed E-state index contributed by atoms with van der Waals surface area (Å²) in [5, 5.41) is 2.62. The summed E-state index contributed by atoms with van der Waals surface area (Å²) >= 11 is 0.720. The molecule has 1 N–H and O–H groups in total. The van der Waals surface area contributed by atoms with Crippen LogP contribution in [0.5, 0.6) is 11.5 Å². The monoisotopic (exact) mass is 645 g/mol. The number of nitrogens with one attached hydrogen (secondary N) is 1. The van der Waals surface area contributed by atoms with Crippen molar-refractivity contribution >= 4 is 40.9 Å². The molecule has 0 fully saturated rings. The Labute approximate surface area is 244 Å². The van der Waals surface area contributed by atoms with Crippen molar-refractivity contribution < 1.29 is 54.5 Å². The van der Waals surface area contributed by atoms with Crippen LogP contribution in [0.4, 0.5) is 26.3 Å². The predicted octanol–water partition coefficient (Wildman–Crippen LogP) is 7.99. The molecule has 1 aromatic heterocycles. The molecule has 3 aromatic carbocycles. The molecule has 0 aliphatic rings. The highest BCUT2D eigenvalue weighted by molar-refractivity contribution is 7.57. The van der Waals surface area contributed by atoms with Crippen molar-refractivity contribution in [1.82, 2.24) is 5.09 Å². The SMILES string of the molecule is CCCOC(=O)C(C)N[P@](=O)(Oc1ccccc1)C(F)c1ccc2sc(C(=O)Oc3c(F)c(F)c(F)c(F)c3F)cc2c1. The van der Waals surface area contributed by atoms with E-state index in [2.05, 4.69) is 9.82 Å². The van der Waals surface area contributed by atoms with Crippen LogP contribution in [0.15, 0.2) is 54.6 Å². The molecule has 0 saturated heterocycles. The molecule has 0 aliphatic carbocycles. The summed E-state index contributed by atoms with van der Waals surface area (Å²) in [6, 6.07) is 11.4. The largest absolute Gasteiger partial charge is 0.465 e. The first-order valence-corrected chi connectivity index (χ1v) is 15.1. The second-order valence-corrected chi connectivity index (χ2v) is 12.2. The van der Waals surface area contributed by atoms with Crippen molar-refractivity contribution in [3.63, 3.8) is 0 Å². The van der Waals surface area contributed by atoms with Gasteiger partial charge < -0.3 is 14.0 Å². The van der Waals surface area contributed by atoms with Crippen LogP contribution >= 0.6 is 18.9 Å². The fraction of sp³-hybridized carbons (Fsp3) is 0.214. The van der Waals surface area contributed by atoms with Gasteiger partial charge in [-0.1, -0.05) is 31.2 Å². The predicted molar refractivity (Wildman–Crippen MR) is 145 cm³/mol. The van der Waals surface area contributed by atoms with Gasteiger partial charge in [-0.25, -0.2) is 27.4 Å². The average Bonchev–Trinajstić information content (AvgIpc) is 3.43. The summed E-state index contributed by atoms with van der Waals surface area (Å²) in [6.45, 7) is 3.20. The quantitative estimate of drug-likeness (QED) is 0.0442. The number of rotatable bonds is 11. The van der Waals surface area contributed by atoms with Crippen LogP contribution in [0.25, 0.3) is 10.1 Å². The van der Waals surface area contributed by atoms with Crippen molar-refractivity contribution in [1.29, 1.82) is 0 Å². The van der Waals surface area contributed by atoms with E-state index in [1.165, 1.54) is 37.3 Å². The highest BCUT2D eigenvalue weighted by Gasteiger charge is 2.41. The highest BCUT2D eigenvalue weighted by atomic mass is 32.1. The first kappa shape index (κ1) is 32.1. The average molecular weight is 646 g/mol. The summed E-state index contributed by atoms with van der Waals surface area (Å²) in [5.41, 5.74) is -0.189. The van der Waals surface area contributed by atoms with Crippen LogP contribution in [0.3, 0.4) is 0 Å². The molecule has 228 valence electrons. The minimum absolute atomic E-state index is 0.0462. The number of thiophene rings is 1. The van der Waals surface area contributed by atoms with Crippen LogP contribution in [0.2, 0.25) is 0 Å².